The lowest BCUT2D eigenvalue weighted by molar-refractivity contribution is -0.127. The van der Waals surface area contributed by atoms with Crippen LogP contribution in [0.5, 0.6) is 0 Å². The monoisotopic (exact) mass is 402 g/mol. The molecule has 4 bridgehead atoms. The fourth-order valence-electron chi connectivity index (χ4n) is 5.96. The Hall–Kier alpha value is -2.58. The number of primary amides is 1. The van der Waals surface area contributed by atoms with Gasteiger partial charge in [0.15, 0.2) is 0 Å². The van der Waals surface area contributed by atoms with Gasteiger partial charge < -0.3 is 26.7 Å². The van der Waals surface area contributed by atoms with Gasteiger partial charge in [-0.2, -0.15) is 0 Å². The number of nitrogens with one attached hydrogen (secondary N) is 4. The van der Waals surface area contributed by atoms with E-state index in [1.807, 2.05) is 0 Å². The molecule has 0 saturated heterocycles. The number of nitrogens with two attached hydrogens (primary N) is 1. The van der Waals surface area contributed by atoms with Crippen LogP contribution in [-0.4, -0.2) is 39.9 Å². The van der Waals surface area contributed by atoms with Crippen molar-refractivity contribution in [2.45, 2.75) is 62.9 Å². The summed E-state index contributed by atoms with van der Waals surface area (Å²) >= 11 is 0. The van der Waals surface area contributed by atoms with Crippen LogP contribution < -0.4 is 21.7 Å². The number of carbonyl (C=O) groups is 3. The molecule has 9 nitrogen and oxygen atoms in total. The molecule has 1 heterocycles. The van der Waals surface area contributed by atoms with Gasteiger partial charge in [0, 0.05) is 18.5 Å². The van der Waals surface area contributed by atoms with Gasteiger partial charge in [0.2, 0.25) is 11.8 Å². The highest BCUT2D eigenvalue weighted by Crippen LogP contribution is 2.55. The van der Waals surface area contributed by atoms with Crippen molar-refractivity contribution in [2.75, 3.05) is 6.54 Å². The quantitative estimate of drug-likeness (QED) is 0.415. The second-order valence-electron chi connectivity index (χ2n) is 9.09. The number of aromatic nitrogens is 2. The third-order valence-corrected chi connectivity index (χ3v) is 6.70. The highest BCUT2D eigenvalue weighted by molar-refractivity contribution is 5.87. The van der Waals surface area contributed by atoms with E-state index in [4.69, 9.17) is 5.73 Å². The largest absolute Gasteiger partial charge is 0.368 e. The van der Waals surface area contributed by atoms with Crippen LogP contribution in [0.25, 0.3) is 0 Å². The van der Waals surface area contributed by atoms with Crippen molar-refractivity contribution in [3.63, 3.8) is 0 Å². The van der Waals surface area contributed by atoms with E-state index in [0.717, 1.165) is 37.0 Å². The van der Waals surface area contributed by atoms with Crippen LogP contribution in [0.15, 0.2) is 12.5 Å². The highest BCUT2D eigenvalue weighted by atomic mass is 16.2. The van der Waals surface area contributed by atoms with Gasteiger partial charge in [-0.05, 0) is 62.7 Å². The maximum absolute atomic E-state index is 12.4. The first-order chi connectivity index (χ1) is 13.9. The number of carbonyl (C=O) groups excluding carboxylic acids is 3. The van der Waals surface area contributed by atoms with Crippen LogP contribution in [0.2, 0.25) is 0 Å². The van der Waals surface area contributed by atoms with Crippen LogP contribution in [0.1, 0.15) is 63.1 Å². The van der Waals surface area contributed by atoms with E-state index in [1.54, 1.807) is 0 Å². The first kappa shape index (κ1) is 19.7. The van der Waals surface area contributed by atoms with E-state index < -0.39 is 11.9 Å². The maximum Gasteiger partial charge on any atom is 0.315 e. The molecular weight excluding hydrogens is 372 g/mol. The minimum absolute atomic E-state index is 0.0189. The van der Waals surface area contributed by atoms with Gasteiger partial charge in [-0.3, -0.25) is 9.59 Å². The molecule has 0 radical (unpaired) electrons. The number of H-pyrrole nitrogens is 1. The lowest BCUT2D eigenvalue weighted by atomic mass is 9.53. The number of hydrogen-bond acceptors (Lipinski definition) is 4. The Morgan fingerprint density at radius 2 is 1.83 bits per heavy atom. The predicted octanol–water partition coefficient (Wildman–Crippen LogP) is 1.10. The smallest absolute Gasteiger partial charge is 0.315 e. The maximum atomic E-state index is 12.4. The molecule has 4 aliphatic carbocycles. The van der Waals surface area contributed by atoms with E-state index >= 15 is 0 Å². The van der Waals surface area contributed by atoms with Gasteiger partial charge in [-0.15, -0.1) is 0 Å². The topological polar surface area (TPSA) is 142 Å². The van der Waals surface area contributed by atoms with Gasteiger partial charge >= 0.3 is 6.03 Å². The molecule has 0 spiro atoms. The number of imidazole rings is 1. The minimum atomic E-state index is -0.933. The molecule has 6 N–H and O–H groups in total. The molecule has 4 fully saturated rings. The van der Waals surface area contributed by atoms with Crippen molar-refractivity contribution in [3.05, 3.63) is 18.2 Å². The van der Waals surface area contributed by atoms with E-state index in [-0.39, 0.29) is 23.9 Å². The number of hydrogen-bond donors (Lipinski definition) is 5. The highest BCUT2D eigenvalue weighted by Gasteiger charge is 2.51. The normalized spacial score (nSPS) is 30.6. The van der Waals surface area contributed by atoms with Gasteiger partial charge in [0.25, 0.3) is 0 Å². The summed E-state index contributed by atoms with van der Waals surface area (Å²) < 4.78 is 0. The molecule has 4 amide bonds. The van der Waals surface area contributed by atoms with Gasteiger partial charge in [0.1, 0.15) is 6.04 Å². The third-order valence-electron chi connectivity index (χ3n) is 6.70. The molecule has 0 aliphatic heterocycles. The van der Waals surface area contributed by atoms with E-state index in [1.165, 1.54) is 31.8 Å². The molecule has 0 aromatic carbocycles. The molecule has 9 heteroatoms. The zero-order valence-electron chi connectivity index (χ0n) is 16.6. The van der Waals surface area contributed by atoms with Crippen molar-refractivity contribution < 1.29 is 14.4 Å². The SMILES string of the molecule is NC(=O)C(NC(=O)CCCNC(=O)NC12CC3CC(CC(C3)C1)C2)c1cnc[nH]1. The minimum Gasteiger partial charge on any atom is -0.368 e. The van der Waals surface area contributed by atoms with E-state index in [0.29, 0.717) is 18.7 Å². The molecule has 5 rings (SSSR count). The average Bonchev–Trinajstić information content (AvgIpc) is 3.15. The molecule has 4 aliphatic rings. The number of aromatic amines is 1. The Balaban J connectivity index is 1.17. The Kier molecular flexibility index (Phi) is 5.47. The Morgan fingerprint density at radius 1 is 1.17 bits per heavy atom. The summed E-state index contributed by atoms with van der Waals surface area (Å²) in [5.74, 6) is 1.37. The van der Waals surface area contributed by atoms with Crippen molar-refractivity contribution in [1.29, 1.82) is 0 Å². The third kappa shape index (κ3) is 4.54. The Labute approximate surface area is 170 Å². The van der Waals surface area contributed by atoms with Gasteiger partial charge in [-0.25, -0.2) is 9.78 Å². The summed E-state index contributed by atoms with van der Waals surface area (Å²) in [5.41, 5.74) is 5.77. The molecule has 1 aromatic rings. The number of amides is 4. The molecule has 1 atom stereocenters. The molecule has 1 aromatic heterocycles. The zero-order valence-corrected chi connectivity index (χ0v) is 16.6. The summed E-state index contributed by atoms with van der Waals surface area (Å²) in [6.07, 6.45) is 10.9. The van der Waals surface area contributed by atoms with Crippen molar-refractivity contribution in [2.24, 2.45) is 23.5 Å². The second-order valence-corrected chi connectivity index (χ2v) is 9.09. The summed E-state index contributed by atoms with van der Waals surface area (Å²) in [6.45, 7) is 0.400. The first-order valence-electron chi connectivity index (χ1n) is 10.6. The summed E-state index contributed by atoms with van der Waals surface area (Å²) in [4.78, 5) is 42.7. The van der Waals surface area contributed by atoms with Crippen molar-refractivity contribution in [1.82, 2.24) is 25.9 Å². The summed E-state index contributed by atoms with van der Waals surface area (Å²) in [6, 6.07) is -1.07. The average molecular weight is 402 g/mol. The lowest BCUT2D eigenvalue weighted by Crippen LogP contribution is -2.61. The number of urea groups is 1. The predicted molar refractivity (Wildman–Crippen MR) is 105 cm³/mol. The van der Waals surface area contributed by atoms with Crippen LogP contribution in [0.4, 0.5) is 4.79 Å². The number of nitrogens with zero attached hydrogens (tertiary/aromatic N) is 1. The summed E-state index contributed by atoms with van der Waals surface area (Å²) in [5, 5.41) is 8.73. The molecule has 4 saturated carbocycles. The van der Waals surface area contributed by atoms with E-state index in [9.17, 15) is 14.4 Å². The lowest BCUT2D eigenvalue weighted by Gasteiger charge is -2.56. The second kappa shape index (κ2) is 8.04. The van der Waals surface area contributed by atoms with Crippen molar-refractivity contribution >= 4 is 17.8 Å². The number of rotatable bonds is 8. The Bertz CT molecular complexity index is 727. The van der Waals surface area contributed by atoms with Crippen molar-refractivity contribution in [3.8, 4) is 0 Å². The molecule has 158 valence electrons. The fraction of sp³-hybridized carbons (Fsp3) is 0.700. The fourth-order valence-corrected chi connectivity index (χ4v) is 5.96. The summed E-state index contributed by atoms with van der Waals surface area (Å²) in [7, 11) is 0. The first-order valence-corrected chi connectivity index (χ1v) is 10.6. The standard InChI is InChI=1S/C20H30N6O3/c21-18(28)17(15-10-22-11-24-15)25-16(27)2-1-3-23-19(29)26-20-7-12-4-13(8-20)6-14(5-12)9-20/h10-14,17H,1-9H2,(H2,21,28)(H,22,24)(H,25,27)(H2,23,26,29). The van der Waals surface area contributed by atoms with E-state index in [2.05, 4.69) is 25.9 Å². The van der Waals surface area contributed by atoms with Crippen LogP contribution in [0, 0.1) is 17.8 Å². The molecule has 29 heavy (non-hydrogen) atoms. The molecule has 1 unspecified atom stereocenters. The zero-order chi connectivity index (χ0) is 20.4. The molecular formula is C20H30N6O3. The van der Waals surface area contributed by atoms with Gasteiger partial charge in [-0.1, -0.05) is 0 Å². The van der Waals surface area contributed by atoms with Crippen LogP contribution >= 0.6 is 0 Å². The van der Waals surface area contributed by atoms with Crippen LogP contribution in [-0.2, 0) is 9.59 Å². The van der Waals surface area contributed by atoms with Gasteiger partial charge in [0.05, 0.1) is 18.2 Å². The Morgan fingerprint density at radius 3 is 2.38 bits per heavy atom. The van der Waals surface area contributed by atoms with Crippen LogP contribution in [0.3, 0.4) is 0 Å².